The quantitative estimate of drug-likeness (QED) is 0.473. The highest BCUT2D eigenvalue weighted by atomic mass is 79.9. The van der Waals surface area contributed by atoms with Crippen LogP contribution in [0.1, 0.15) is 17.3 Å². The first kappa shape index (κ1) is 14.2. The minimum absolute atomic E-state index is 0.0498. The van der Waals surface area contributed by atoms with Crippen LogP contribution in [0.3, 0.4) is 0 Å². The molecule has 102 valence electrons. The lowest BCUT2D eigenvalue weighted by Gasteiger charge is -2.07. The van der Waals surface area contributed by atoms with Gasteiger partial charge in [-0.25, -0.2) is 0 Å². The number of rotatable bonds is 4. The summed E-state index contributed by atoms with van der Waals surface area (Å²) < 4.78 is 6.09. The minimum Gasteiger partial charge on any atom is -0.450 e. The van der Waals surface area contributed by atoms with Gasteiger partial charge in [0.05, 0.1) is 4.92 Å². The number of carbonyl (C=O) groups is 1. The van der Waals surface area contributed by atoms with Crippen molar-refractivity contribution in [2.75, 3.05) is 0 Å². The van der Waals surface area contributed by atoms with Crippen LogP contribution >= 0.6 is 15.9 Å². The van der Waals surface area contributed by atoms with Gasteiger partial charge in [-0.2, -0.15) is 0 Å². The third-order valence-electron chi connectivity index (χ3n) is 2.61. The van der Waals surface area contributed by atoms with Crippen LogP contribution in [0.25, 0.3) is 0 Å². The third kappa shape index (κ3) is 3.21. The summed E-state index contributed by atoms with van der Waals surface area (Å²) in [5, 5.41) is 11.0. The Kier molecular flexibility index (Phi) is 4.14. The van der Waals surface area contributed by atoms with E-state index in [0.717, 1.165) is 0 Å². The van der Waals surface area contributed by atoms with Gasteiger partial charge in [-0.3, -0.25) is 14.9 Å². The van der Waals surface area contributed by atoms with E-state index in [9.17, 15) is 14.9 Å². The van der Waals surface area contributed by atoms with Crippen LogP contribution in [0.15, 0.2) is 46.9 Å². The summed E-state index contributed by atoms with van der Waals surface area (Å²) in [4.78, 5) is 21.6. The van der Waals surface area contributed by atoms with E-state index in [1.165, 1.54) is 19.1 Å². The molecule has 0 aliphatic heterocycles. The molecule has 0 radical (unpaired) electrons. The van der Waals surface area contributed by atoms with Crippen molar-refractivity contribution in [3.63, 3.8) is 0 Å². The molecule has 0 amide bonds. The fraction of sp³-hybridized carbons (Fsp3) is 0.0714. The van der Waals surface area contributed by atoms with Crippen LogP contribution in [0.2, 0.25) is 0 Å². The summed E-state index contributed by atoms with van der Waals surface area (Å²) in [6.07, 6.45) is 0. The summed E-state index contributed by atoms with van der Waals surface area (Å²) in [5.41, 5.74) is 0.428. The van der Waals surface area contributed by atoms with Gasteiger partial charge in [0.15, 0.2) is 5.78 Å². The number of nitrogens with zero attached hydrogens (tertiary/aromatic N) is 1. The molecule has 0 aromatic heterocycles. The maximum atomic E-state index is 11.2. The first-order valence-corrected chi connectivity index (χ1v) is 6.49. The standard InChI is InChI=1S/C14H10BrNO4/c1-9(17)10-2-5-12(6-3-10)20-14-7-4-11(15)8-13(14)16(18)19/h2-8H,1H3. The zero-order valence-electron chi connectivity index (χ0n) is 10.5. The monoisotopic (exact) mass is 335 g/mol. The molecule has 20 heavy (non-hydrogen) atoms. The summed E-state index contributed by atoms with van der Waals surface area (Å²) in [7, 11) is 0. The number of benzene rings is 2. The largest absolute Gasteiger partial charge is 0.450 e. The molecule has 0 saturated heterocycles. The second-order valence-corrected chi connectivity index (χ2v) is 4.97. The topological polar surface area (TPSA) is 69.4 Å². The Morgan fingerprint density at radius 2 is 1.85 bits per heavy atom. The molecule has 2 aromatic rings. The molecule has 0 spiro atoms. The maximum Gasteiger partial charge on any atom is 0.312 e. The Bertz CT molecular complexity index is 667. The smallest absolute Gasteiger partial charge is 0.312 e. The SMILES string of the molecule is CC(=O)c1ccc(Oc2ccc(Br)cc2[N+](=O)[O-])cc1. The van der Waals surface area contributed by atoms with Gasteiger partial charge in [-0.1, -0.05) is 15.9 Å². The van der Waals surface area contributed by atoms with Gasteiger partial charge >= 0.3 is 5.69 Å². The lowest BCUT2D eigenvalue weighted by atomic mass is 10.1. The zero-order valence-corrected chi connectivity index (χ0v) is 12.1. The summed E-state index contributed by atoms with van der Waals surface area (Å²) >= 11 is 3.18. The summed E-state index contributed by atoms with van der Waals surface area (Å²) in [5.74, 6) is 0.528. The number of ketones is 1. The first-order valence-electron chi connectivity index (χ1n) is 5.70. The number of nitro groups is 1. The van der Waals surface area contributed by atoms with Crippen molar-refractivity contribution in [3.8, 4) is 11.5 Å². The molecule has 0 aliphatic rings. The van der Waals surface area contributed by atoms with E-state index in [-0.39, 0.29) is 17.2 Å². The van der Waals surface area contributed by atoms with Crippen LogP contribution < -0.4 is 4.74 Å². The minimum atomic E-state index is -0.510. The van der Waals surface area contributed by atoms with Gasteiger partial charge < -0.3 is 4.74 Å². The van der Waals surface area contributed by atoms with Crippen molar-refractivity contribution >= 4 is 27.4 Å². The van der Waals surface area contributed by atoms with Crippen molar-refractivity contribution in [2.45, 2.75) is 6.92 Å². The highest BCUT2D eigenvalue weighted by Crippen LogP contribution is 2.33. The maximum absolute atomic E-state index is 11.2. The van der Waals surface area contributed by atoms with Gasteiger partial charge in [0.2, 0.25) is 5.75 Å². The Morgan fingerprint density at radius 1 is 1.20 bits per heavy atom. The molecule has 0 fully saturated rings. The number of Topliss-reactive ketones (excluding diaryl/α,β-unsaturated/α-hetero) is 1. The number of hydrogen-bond donors (Lipinski definition) is 0. The van der Waals surface area contributed by atoms with Crippen LogP contribution in [-0.2, 0) is 0 Å². The van der Waals surface area contributed by atoms with E-state index in [4.69, 9.17) is 4.74 Å². The molecule has 0 atom stereocenters. The molecule has 6 heteroatoms. The van der Waals surface area contributed by atoms with E-state index >= 15 is 0 Å². The highest BCUT2D eigenvalue weighted by Gasteiger charge is 2.16. The number of halogens is 1. The van der Waals surface area contributed by atoms with Crippen LogP contribution in [0.5, 0.6) is 11.5 Å². The highest BCUT2D eigenvalue weighted by molar-refractivity contribution is 9.10. The van der Waals surface area contributed by atoms with Crippen molar-refractivity contribution in [1.29, 1.82) is 0 Å². The number of carbonyl (C=O) groups excluding carboxylic acids is 1. The van der Waals surface area contributed by atoms with Gasteiger partial charge in [0, 0.05) is 16.1 Å². The average Bonchev–Trinajstić information content (AvgIpc) is 2.41. The van der Waals surface area contributed by atoms with Gasteiger partial charge in [0.1, 0.15) is 5.75 Å². The molecule has 2 rings (SSSR count). The van der Waals surface area contributed by atoms with Crippen LogP contribution in [-0.4, -0.2) is 10.7 Å². The Morgan fingerprint density at radius 3 is 2.40 bits per heavy atom. The van der Waals surface area contributed by atoms with Crippen molar-refractivity contribution in [3.05, 3.63) is 62.6 Å². The second kappa shape index (κ2) is 5.83. The van der Waals surface area contributed by atoms with E-state index in [1.54, 1.807) is 30.3 Å². The van der Waals surface area contributed by atoms with Gasteiger partial charge in [-0.05, 0) is 43.3 Å². The molecule has 0 N–H and O–H groups in total. The fourth-order valence-corrected chi connectivity index (χ4v) is 1.95. The third-order valence-corrected chi connectivity index (χ3v) is 3.10. The molecule has 0 aliphatic carbocycles. The Hall–Kier alpha value is -2.21. The Labute approximate surface area is 123 Å². The van der Waals surface area contributed by atoms with Crippen molar-refractivity contribution < 1.29 is 14.5 Å². The average molecular weight is 336 g/mol. The molecule has 5 nitrogen and oxygen atoms in total. The predicted molar refractivity (Wildman–Crippen MR) is 77.3 cm³/mol. The molecule has 0 bridgehead atoms. The molecular weight excluding hydrogens is 326 g/mol. The molecular formula is C14H10BrNO4. The lowest BCUT2D eigenvalue weighted by Crippen LogP contribution is -1.94. The number of nitro benzene ring substituents is 1. The number of ether oxygens (including phenoxy) is 1. The lowest BCUT2D eigenvalue weighted by molar-refractivity contribution is -0.385. The molecule has 0 saturated carbocycles. The fourth-order valence-electron chi connectivity index (χ4n) is 1.60. The number of hydrogen-bond acceptors (Lipinski definition) is 4. The first-order chi connectivity index (χ1) is 9.47. The molecule has 0 heterocycles. The summed E-state index contributed by atoms with van der Waals surface area (Å²) in [6.45, 7) is 1.47. The van der Waals surface area contributed by atoms with Gasteiger partial charge in [0.25, 0.3) is 0 Å². The molecule has 2 aromatic carbocycles. The van der Waals surface area contributed by atoms with Gasteiger partial charge in [-0.15, -0.1) is 0 Å². The second-order valence-electron chi connectivity index (χ2n) is 4.05. The summed E-state index contributed by atoms with van der Waals surface area (Å²) in [6, 6.07) is 11.0. The predicted octanol–water partition coefficient (Wildman–Crippen LogP) is 4.35. The van der Waals surface area contributed by atoms with Crippen LogP contribution in [0.4, 0.5) is 5.69 Å². The zero-order chi connectivity index (χ0) is 14.7. The normalized spacial score (nSPS) is 10.1. The van der Waals surface area contributed by atoms with E-state index < -0.39 is 4.92 Å². The molecule has 0 unspecified atom stereocenters. The van der Waals surface area contributed by atoms with Crippen molar-refractivity contribution in [2.24, 2.45) is 0 Å². The Balaban J connectivity index is 2.30. The van der Waals surface area contributed by atoms with Crippen LogP contribution in [0, 0.1) is 10.1 Å². The van der Waals surface area contributed by atoms with E-state index in [2.05, 4.69) is 15.9 Å². The van der Waals surface area contributed by atoms with E-state index in [0.29, 0.717) is 15.8 Å². The van der Waals surface area contributed by atoms with Crippen molar-refractivity contribution in [1.82, 2.24) is 0 Å². The van der Waals surface area contributed by atoms with E-state index in [1.807, 2.05) is 0 Å².